The number of benzene rings is 1. The Morgan fingerprint density at radius 2 is 1.73 bits per heavy atom. The van der Waals surface area contributed by atoms with Crippen molar-refractivity contribution in [2.24, 2.45) is 23.2 Å². The van der Waals surface area contributed by atoms with Crippen LogP contribution in [-0.2, 0) is 14.2 Å². The van der Waals surface area contributed by atoms with E-state index in [1.54, 1.807) is 7.11 Å². The Bertz CT molecular complexity index is 629. The van der Waals surface area contributed by atoms with Gasteiger partial charge in [0.25, 0.3) is 0 Å². The standard InChI is InChI=1S/C22H30O4/c1-14(26-21(25-3)19(23)17-7-5-4-6-8-17)22-12-15-9-16(13-22)11-18(10-15)20(22)24-2/h4-8,14-16,18,20-21H,9-13H2,1-3H3. The van der Waals surface area contributed by atoms with Crippen LogP contribution in [0.25, 0.3) is 0 Å². The first-order chi connectivity index (χ1) is 12.6. The Morgan fingerprint density at radius 3 is 2.31 bits per heavy atom. The number of methoxy groups -OCH3 is 2. The van der Waals surface area contributed by atoms with Gasteiger partial charge in [0.1, 0.15) is 0 Å². The third-order valence-corrected chi connectivity index (χ3v) is 7.15. The van der Waals surface area contributed by atoms with Gasteiger partial charge in [0.2, 0.25) is 12.1 Å². The second-order valence-corrected chi connectivity index (χ2v) is 8.57. The molecule has 4 aliphatic carbocycles. The quantitative estimate of drug-likeness (QED) is 0.544. The maximum absolute atomic E-state index is 12.8. The molecule has 142 valence electrons. The van der Waals surface area contributed by atoms with E-state index in [0.29, 0.717) is 11.5 Å². The molecule has 4 saturated carbocycles. The van der Waals surface area contributed by atoms with Crippen molar-refractivity contribution in [3.05, 3.63) is 35.9 Å². The minimum absolute atomic E-state index is 0.0112. The van der Waals surface area contributed by atoms with E-state index in [4.69, 9.17) is 14.2 Å². The molecule has 4 aliphatic rings. The maximum Gasteiger partial charge on any atom is 0.222 e. The summed E-state index contributed by atoms with van der Waals surface area (Å²) in [6, 6.07) is 9.25. The average molecular weight is 358 g/mol. The van der Waals surface area contributed by atoms with Crippen molar-refractivity contribution >= 4 is 5.78 Å². The third-order valence-electron chi connectivity index (χ3n) is 7.15. The minimum atomic E-state index is -0.863. The zero-order chi connectivity index (χ0) is 18.3. The molecule has 26 heavy (non-hydrogen) atoms. The lowest BCUT2D eigenvalue weighted by Gasteiger charge is -2.62. The molecular formula is C22H30O4. The van der Waals surface area contributed by atoms with Crippen molar-refractivity contribution in [3.63, 3.8) is 0 Å². The SMILES string of the molecule is COC(OC(C)C12CC3CC(CC(C3)C1OC)C2)C(=O)c1ccccc1. The molecule has 0 saturated heterocycles. The number of hydrogen-bond donors (Lipinski definition) is 0. The largest absolute Gasteiger partial charge is 0.380 e. The molecule has 4 fully saturated rings. The summed E-state index contributed by atoms with van der Waals surface area (Å²) in [4.78, 5) is 12.8. The Morgan fingerprint density at radius 1 is 1.08 bits per heavy atom. The fraction of sp³-hybridized carbons (Fsp3) is 0.682. The maximum atomic E-state index is 12.8. The van der Waals surface area contributed by atoms with Gasteiger partial charge >= 0.3 is 0 Å². The molecule has 0 aromatic heterocycles. The minimum Gasteiger partial charge on any atom is -0.380 e. The van der Waals surface area contributed by atoms with Gasteiger partial charge in [0.15, 0.2) is 0 Å². The van der Waals surface area contributed by atoms with Crippen molar-refractivity contribution < 1.29 is 19.0 Å². The summed E-state index contributed by atoms with van der Waals surface area (Å²) in [7, 11) is 3.38. The van der Waals surface area contributed by atoms with Crippen molar-refractivity contribution in [2.75, 3.05) is 14.2 Å². The second kappa shape index (κ2) is 7.06. The Kier molecular flexibility index (Phi) is 4.93. The first-order valence-electron chi connectivity index (χ1n) is 9.87. The van der Waals surface area contributed by atoms with Gasteiger partial charge in [-0.2, -0.15) is 0 Å². The number of carbonyl (C=O) groups is 1. The molecule has 4 bridgehead atoms. The predicted molar refractivity (Wildman–Crippen MR) is 98.9 cm³/mol. The summed E-state index contributed by atoms with van der Waals surface area (Å²) in [5.41, 5.74) is 0.636. The lowest BCUT2D eigenvalue weighted by molar-refractivity contribution is -0.242. The van der Waals surface area contributed by atoms with Crippen LogP contribution in [0.4, 0.5) is 0 Å². The number of ketones is 1. The van der Waals surface area contributed by atoms with Crippen LogP contribution in [-0.4, -0.2) is 38.5 Å². The third kappa shape index (κ3) is 2.92. The van der Waals surface area contributed by atoms with Gasteiger partial charge in [-0.15, -0.1) is 0 Å². The summed E-state index contributed by atoms with van der Waals surface area (Å²) < 4.78 is 17.7. The van der Waals surface area contributed by atoms with Crippen LogP contribution in [0, 0.1) is 23.2 Å². The first kappa shape index (κ1) is 18.1. The molecule has 5 unspecified atom stereocenters. The average Bonchev–Trinajstić information content (AvgIpc) is 2.65. The molecule has 4 heteroatoms. The van der Waals surface area contributed by atoms with Crippen LogP contribution in [0.5, 0.6) is 0 Å². The fourth-order valence-corrected chi connectivity index (χ4v) is 6.33. The van der Waals surface area contributed by atoms with Crippen LogP contribution in [0.3, 0.4) is 0 Å². The molecule has 1 aromatic carbocycles. The highest BCUT2D eigenvalue weighted by Crippen LogP contribution is 2.62. The number of Topliss-reactive ketones (excluding diaryl/α,β-unsaturated/α-hetero) is 1. The summed E-state index contributed by atoms with van der Waals surface area (Å²) in [5, 5.41) is 0. The van der Waals surface area contributed by atoms with Crippen LogP contribution < -0.4 is 0 Å². The fourth-order valence-electron chi connectivity index (χ4n) is 6.33. The van der Waals surface area contributed by atoms with E-state index in [9.17, 15) is 4.79 Å². The van der Waals surface area contributed by atoms with E-state index in [-0.39, 0.29) is 23.4 Å². The highest BCUT2D eigenvalue weighted by atomic mass is 16.7. The molecule has 0 N–H and O–H groups in total. The van der Waals surface area contributed by atoms with Gasteiger partial charge in [-0.3, -0.25) is 4.79 Å². The normalized spacial score (nSPS) is 37.5. The van der Waals surface area contributed by atoms with E-state index in [1.807, 2.05) is 37.4 Å². The lowest BCUT2D eigenvalue weighted by Crippen LogP contribution is -2.61. The monoisotopic (exact) mass is 358 g/mol. The summed E-state index contributed by atoms with van der Waals surface area (Å²) in [5.74, 6) is 2.10. The van der Waals surface area contributed by atoms with Gasteiger partial charge in [-0.05, 0) is 56.8 Å². The second-order valence-electron chi connectivity index (χ2n) is 8.57. The number of rotatable bonds is 7. The van der Waals surface area contributed by atoms with Crippen LogP contribution >= 0.6 is 0 Å². The zero-order valence-corrected chi connectivity index (χ0v) is 16.0. The van der Waals surface area contributed by atoms with Crippen molar-refractivity contribution in [1.29, 1.82) is 0 Å². The van der Waals surface area contributed by atoms with Crippen LogP contribution in [0.1, 0.15) is 49.4 Å². The lowest BCUT2D eigenvalue weighted by atomic mass is 9.47. The number of hydrogen-bond acceptors (Lipinski definition) is 4. The molecule has 0 amide bonds. The Balaban J connectivity index is 1.54. The molecule has 5 atom stereocenters. The van der Waals surface area contributed by atoms with E-state index in [1.165, 1.54) is 19.3 Å². The van der Waals surface area contributed by atoms with Gasteiger partial charge in [-0.25, -0.2) is 0 Å². The van der Waals surface area contributed by atoms with Gasteiger partial charge < -0.3 is 14.2 Å². The Hall–Kier alpha value is -1.23. The molecular weight excluding hydrogens is 328 g/mol. The highest BCUT2D eigenvalue weighted by molar-refractivity contribution is 5.98. The molecule has 0 aliphatic heterocycles. The van der Waals surface area contributed by atoms with Crippen LogP contribution in [0.15, 0.2) is 30.3 Å². The molecule has 1 aromatic rings. The van der Waals surface area contributed by atoms with Gasteiger partial charge in [0, 0.05) is 25.2 Å². The molecule has 0 spiro atoms. The first-order valence-corrected chi connectivity index (χ1v) is 9.87. The van der Waals surface area contributed by atoms with Crippen molar-refractivity contribution in [2.45, 2.75) is 57.5 Å². The van der Waals surface area contributed by atoms with E-state index >= 15 is 0 Å². The smallest absolute Gasteiger partial charge is 0.222 e. The highest BCUT2D eigenvalue weighted by Gasteiger charge is 2.60. The summed E-state index contributed by atoms with van der Waals surface area (Å²) in [6.45, 7) is 2.11. The Labute approximate surface area is 156 Å². The van der Waals surface area contributed by atoms with E-state index < -0.39 is 6.29 Å². The summed E-state index contributed by atoms with van der Waals surface area (Å²) in [6.07, 6.45) is 5.54. The van der Waals surface area contributed by atoms with Gasteiger partial charge in [-0.1, -0.05) is 30.3 Å². The van der Waals surface area contributed by atoms with Crippen molar-refractivity contribution in [3.8, 4) is 0 Å². The van der Waals surface area contributed by atoms with Crippen LogP contribution in [0.2, 0.25) is 0 Å². The van der Waals surface area contributed by atoms with E-state index in [0.717, 1.165) is 24.7 Å². The molecule has 0 heterocycles. The number of ether oxygens (including phenoxy) is 3. The van der Waals surface area contributed by atoms with E-state index in [2.05, 4.69) is 6.92 Å². The number of carbonyl (C=O) groups excluding carboxylic acids is 1. The molecule has 5 rings (SSSR count). The summed E-state index contributed by atoms with van der Waals surface area (Å²) >= 11 is 0. The predicted octanol–water partition coefficient (Wildman–Crippen LogP) is 4.09. The molecule has 0 radical (unpaired) electrons. The molecule has 4 nitrogen and oxygen atoms in total. The topological polar surface area (TPSA) is 44.8 Å². The van der Waals surface area contributed by atoms with Gasteiger partial charge in [0.05, 0.1) is 12.2 Å². The zero-order valence-electron chi connectivity index (χ0n) is 16.0. The van der Waals surface area contributed by atoms with Crippen molar-refractivity contribution in [1.82, 2.24) is 0 Å².